The number of amides is 1. The lowest BCUT2D eigenvalue weighted by Crippen LogP contribution is -2.48. The average Bonchev–Trinajstić information content (AvgIpc) is 2.72. The maximum atomic E-state index is 13.2. The van der Waals surface area contributed by atoms with Gasteiger partial charge in [0.2, 0.25) is 15.9 Å². The molecule has 0 unspecified atom stereocenters. The van der Waals surface area contributed by atoms with Crippen molar-refractivity contribution in [2.24, 2.45) is 5.92 Å². The second-order valence-electron chi connectivity index (χ2n) is 7.90. The van der Waals surface area contributed by atoms with Gasteiger partial charge in [-0.15, -0.1) is 0 Å². The summed E-state index contributed by atoms with van der Waals surface area (Å²) in [6, 6.07) is 13.0. The molecule has 7 nitrogen and oxygen atoms in total. The summed E-state index contributed by atoms with van der Waals surface area (Å²) >= 11 is 0. The topological polar surface area (TPSA) is 84.9 Å². The number of anilines is 1. The van der Waals surface area contributed by atoms with Gasteiger partial charge in [0.1, 0.15) is 17.5 Å². The number of nitrogens with zero attached hydrogens (tertiary/aromatic N) is 1. The van der Waals surface area contributed by atoms with E-state index in [0.717, 1.165) is 21.9 Å². The predicted octanol–water partition coefficient (Wildman–Crippen LogP) is 3.76. The summed E-state index contributed by atoms with van der Waals surface area (Å²) in [6.07, 6.45) is 1.80. The molecule has 2 aromatic carbocycles. The van der Waals surface area contributed by atoms with Crippen molar-refractivity contribution >= 4 is 21.6 Å². The molecule has 0 saturated carbocycles. The Hall–Kier alpha value is -2.74. The molecular weight excluding hydrogens is 416 g/mol. The van der Waals surface area contributed by atoms with Crippen molar-refractivity contribution in [3.63, 3.8) is 0 Å². The first-order valence-electron chi connectivity index (χ1n) is 10.1. The van der Waals surface area contributed by atoms with Gasteiger partial charge in [0, 0.05) is 6.07 Å². The van der Waals surface area contributed by atoms with Gasteiger partial charge in [-0.05, 0) is 49.1 Å². The fraction of sp³-hybridized carbons (Fsp3) is 0.435. The van der Waals surface area contributed by atoms with Crippen LogP contribution in [0.25, 0.3) is 0 Å². The standard InChI is InChI=1S/C23H32N2O5S/c1-16(2)14-22(18-10-12-20(29-4)13-11-18)24-23(26)17(3)25(31(6,27)28)19-8-7-9-21(15-19)30-5/h7-13,15-17,22H,14H2,1-6H3,(H,24,26)/t17-,22+/m1/s1. The van der Waals surface area contributed by atoms with E-state index in [1.807, 2.05) is 24.3 Å². The van der Waals surface area contributed by atoms with E-state index in [9.17, 15) is 13.2 Å². The van der Waals surface area contributed by atoms with Gasteiger partial charge in [0.25, 0.3) is 0 Å². The minimum atomic E-state index is -3.72. The molecule has 2 aromatic rings. The Morgan fingerprint density at radius 1 is 1.00 bits per heavy atom. The molecule has 0 aliphatic heterocycles. The first-order chi connectivity index (χ1) is 14.6. The highest BCUT2D eigenvalue weighted by atomic mass is 32.2. The maximum absolute atomic E-state index is 13.2. The van der Waals surface area contributed by atoms with Crippen molar-refractivity contribution in [2.75, 3.05) is 24.8 Å². The Kier molecular flexibility index (Phi) is 8.33. The summed E-state index contributed by atoms with van der Waals surface area (Å²) in [5.74, 6) is 1.18. The lowest BCUT2D eigenvalue weighted by atomic mass is 9.96. The number of carbonyl (C=O) groups is 1. The van der Waals surface area contributed by atoms with Gasteiger partial charge in [-0.25, -0.2) is 8.42 Å². The summed E-state index contributed by atoms with van der Waals surface area (Å²) < 4.78 is 36.7. The van der Waals surface area contributed by atoms with E-state index in [-0.39, 0.29) is 11.9 Å². The third-order valence-corrected chi connectivity index (χ3v) is 6.18. The first kappa shape index (κ1) is 24.5. The van der Waals surface area contributed by atoms with Gasteiger partial charge in [0.15, 0.2) is 0 Å². The van der Waals surface area contributed by atoms with Crippen LogP contribution >= 0.6 is 0 Å². The van der Waals surface area contributed by atoms with Crippen molar-refractivity contribution in [1.29, 1.82) is 0 Å². The van der Waals surface area contributed by atoms with Crippen molar-refractivity contribution in [2.45, 2.75) is 39.3 Å². The van der Waals surface area contributed by atoms with Crippen LogP contribution in [0, 0.1) is 5.92 Å². The second-order valence-corrected chi connectivity index (χ2v) is 9.76. The van der Waals surface area contributed by atoms with Crippen LogP contribution in [0.3, 0.4) is 0 Å². The Balaban J connectivity index is 2.32. The van der Waals surface area contributed by atoms with Gasteiger partial charge in [-0.2, -0.15) is 0 Å². The molecule has 0 spiro atoms. The molecule has 8 heteroatoms. The monoisotopic (exact) mass is 448 g/mol. The molecule has 1 amide bonds. The molecule has 0 bridgehead atoms. The highest BCUT2D eigenvalue weighted by Crippen LogP contribution is 2.27. The molecule has 1 N–H and O–H groups in total. The van der Waals surface area contributed by atoms with Crippen LogP contribution in [0.2, 0.25) is 0 Å². The van der Waals surface area contributed by atoms with E-state index >= 15 is 0 Å². The van der Waals surface area contributed by atoms with E-state index in [0.29, 0.717) is 23.8 Å². The Morgan fingerprint density at radius 3 is 2.13 bits per heavy atom. The fourth-order valence-corrected chi connectivity index (χ4v) is 4.60. The van der Waals surface area contributed by atoms with Gasteiger partial charge in [-0.1, -0.05) is 32.0 Å². The quantitative estimate of drug-likeness (QED) is 0.598. The Morgan fingerprint density at radius 2 is 1.61 bits per heavy atom. The van der Waals surface area contributed by atoms with Crippen LogP contribution in [0.1, 0.15) is 38.8 Å². The van der Waals surface area contributed by atoms with E-state index in [4.69, 9.17) is 9.47 Å². The summed E-state index contributed by atoms with van der Waals surface area (Å²) in [6.45, 7) is 5.73. The summed E-state index contributed by atoms with van der Waals surface area (Å²) in [4.78, 5) is 13.2. The van der Waals surface area contributed by atoms with E-state index in [2.05, 4.69) is 19.2 Å². The van der Waals surface area contributed by atoms with Gasteiger partial charge < -0.3 is 14.8 Å². The highest BCUT2D eigenvalue weighted by molar-refractivity contribution is 7.92. The molecule has 2 rings (SSSR count). The first-order valence-corrected chi connectivity index (χ1v) is 12.0. The molecule has 0 heterocycles. The number of benzene rings is 2. The zero-order chi connectivity index (χ0) is 23.2. The minimum absolute atomic E-state index is 0.257. The molecule has 0 radical (unpaired) electrons. The van der Waals surface area contributed by atoms with Crippen molar-refractivity contribution in [3.05, 3.63) is 54.1 Å². The Bertz CT molecular complexity index is 974. The largest absolute Gasteiger partial charge is 0.497 e. The number of hydrogen-bond acceptors (Lipinski definition) is 5. The smallest absolute Gasteiger partial charge is 0.244 e. The minimum Gasteiger partial charge on any atom is -0.497 e. The number of rotatable bonds is 10. The number of carbonyl (C=O) groups excluding carboxylic acids is 1. The van der Waals surface area contributed by atoms with Gasteiger partial charge in [0.05, 0.1) is 32.2 Å². The molecule has 0 aromatic heterocycles. The molecule has 31 heavy (non-hydrogen) atoms. The molecule has 0 saturated heterocycles. The fourth-order valence-electron chi connectivity index (χ4n) is 3.43. The Labute approximate surface area is 185 Å². The molecule has 0 fully saturated rings. The summed E-state index contributed by atoms with van der Waals surface area (Å²) in [7, 11) is -0.614. The zero-order valence-corrected chi connectivity index (χ0v) is 19.8. The van der Waals surface area contributed by atoms with Crippen LogP contribution in [0.5, 0.6) is 11.5 Å². The van der Waals surface area contributed by atoms with Crippen molar-refractivity contribution in [1.82, 2.24) is 5.32 Å². The highest BCUT2D eigenvalue weighted by Gasteiger charge is 2.31. The van der Waals surface area contributed by atoms with Gasteiger partial charge in [-0.3, -0.25) is 9.10 Å². The summed E-state index contributed by atoms with van der Waals surface area (Å²) in [5.41, 5.74) is 1.30. The summed E-state index contributed by atoms with van der Waals surface area (Å²) in [5, 5.41) is 3.04. The number of hydrogen-bond donors (Lipinski definition) is 1. The number of nitrogens with one attached hydrogen (secondary N) is 1. The van der Waals surface area contributed by atoms with Crippen LogP contribution in [-0.4, -0.2) is 40.8 Å². The van der Waals surface area contributed by atoms with Crippen molar-refractivity contribution in [3.8, 4) is 11.5 Å². The normalized spacial score (nSPS) is 13.4. The van der Waals surface area contributed by atoms with Crippen molar-refractivity contribution < 1.29 is 22.7 Å². The molecule has 170 valence electrons. The predicted molar refractivity (Wildman–Crippen MR) is 123 cm³/mol. The van der Waals surface area contributed by atoms with E-state index < -0.39 is 16.1 Å². The maximum Gasteiger partial charge on any atom is 0.244 e. The molecule has 0 aliphatic carbocycles. The SMILES string of the molecule is COc1ccc([C@H](CC(C)C)NC(=O)[C@@H](C)N(c2cccc(OC)c2)S(C)(=O)=O)cc1. The second kappa shape index (κ2) is 10.5. The number of sulfonamides is 1. The van der Waals surface area contributed by atoms with E-state index in [1.165, 1.54) is 7.11 Å². The van der Waals surface area contributed by atoms with Crippen LogP contribution < -0.4 is 19.1 Å². The lowest BCUT2D eigenvalue weighted by molar-refractivity contribution is -0.122. The molecule has 2 atom stereocenters. The van der Waals surface area contributed by atoms with Crippen LogP contribution in [0.15, 0.2) is 48.5 Å². The molecule has 0 aliphatic rings. The number of ether oxygens (including phenoxy) is 2. The van der Waals surface area contributed by atoms with Crippen LogP contribution in [-0.2, 0) is 14.8 Å². The lowest BCUT2D eigenvalue weighted by Gasteiger charge is -2.30. The zero-order valence-electron chi connectivity index (χ0n) is 19.0. The third-order valence-electron chi connectivity index (χ3n) is 4.94. The molecular formula is C23H32N2O5S. The third kappa shape index (κ3) is 6.62. The van der Waals surface area contributed by atoms with E-state index in [1.54, 1.807) is 38.3 Å². The average molecular weight is 449 g/mol. The van der Waals surface area contributed by atoms with Crippen LogP contribution in [0.4, 0.5) is 5.69 Å². The van der Waals surface area contributed by atoms with Gasteiger partial charge >= 0.3 is 0 Å². The number of methoxy groups -OCH3 is 2.